The molecule has 4 aromatic rings. The van der Waals surface area contributed by atoms with Crippen molar-refractivity contribution in [2.75, 3.05) is 72.0 Å². The van der Waals surface area contributed by atoms with Gasteiger partial charge in [0.05, 0.1) is 6.04 Å². The van der Waals surface area contributed by atoms with Gasteiger partial charge in [-0.25, -0.2) is 0 Å². The average Bonchev–Trinajstić information content (AvgIpc) is 3.41. The molecule has 0 aliphatic carbocycles. The van der Waals surface area contributed by atoms with Gasteiger partial charge in [-0.1, -0.05) is 62.4 Å². The number of anilines is 4. The van der Waals surface area contributed by atoms with E-state index in [1.165, 1.54) is 0 Å². The Bertz CT molecular complexity index is 2520. The first-order valence-electron chi connectivity index (χ1n) is 27.4. The first-order valence-corrected chi connectivity index (χ1v) is 27.4. The molecule has 7 aliphatic heterocycles. The van der Waals surface area contributed by atoms with E-state index in [-0.39, 0.29) is 87.2 Å². The number of primary amides is 1. The zero-order chi connectivity index (χ0) is 55.7. The van der Waals surface area contributed by atoms with E-state index >= 15 is 0 Å². The van der Waals surface area contributed by atoms with E-state index in [9.17, 15) is 33.6 Å². The highest BCUT2D eigenvalue weighted by Crippen LogP contribution is 2.25. The third-order valence-corrected chi connectivity index (χ3v) is 13.6. The maximum absolute atomic E-state index is 14.1. The molecule has 18 nitrogen and oxygen atoms in total. The SMILES string of the molecule is CC(C)CC(NC(=O)C(N)CCCCNC(=O)CCC(=O)N1CCCCN(C(=O)CCN)c2ccc(cc2)Cc2ccc(cc2)N(C(=O)CCN)CCCCN(C(=O)CCN)c2ccc(cc2)Cc2ccc1cc2)C(N)=O. The van der Waals surface area contributed by atoms with Crippen molar-refractivity contribution in [2.45, 2.75) is 122 Å². The third kappa shape index (κ3) is 19.8. The fourth-order valence-electron chi connectivity index (χ4n) is 9.38. The number of benzene rings is 4. The average molecular weight is 1060 g/mol. The number of nitrogens with zero attached hydrogens (tertiary/aromatic N) is 4. The quantitative estimate of drug-likeness (QED) is 0.0618. The Morgan fingerprint density at radius 2 is 0.831 bits per heavy atom. The Labute approximate surface area is 454 Å². The Hall–Kier alpha value is -6.99. The summed E-state index contributed by atoms with van der Waals surface area (Å²) < 4.78 is 0. The molecule has 4 aromatic carbocycles. The van der Waals surface area contributed by atoms with Gasteiger partial charge in [-0.2, -0.15) is 0 Å². The maximum Gasteiger partial charge on any atom is 0.240 e. The Morgan fingerprint density at radius 1 is 0.494 bits per heavy atom. The predicted molar refractivity (Wildman–Crippen MR) is 305 cm³/mol. The first kappa shape index (κ1) is 60.9. The molecule has 0 spiro atoms. The predicted octanol–water partition coefficient (Wildman–Crippen LogP) is 4.93. The third-order valence-electron chi connectivity index (χ3n) is 13.6. The number of carbonyl (C=O) groups is 7. The topological polar surface area (TPSA) is 287 Å². The molecule has 7 heterocycles. The van der Waals surface area contributed by atoms with E-state index in [1.807, 2.05) is 111 Å². The molecule has 0 saturated carbocycles. The van der Waals surface area contributed by atoms with E-state index in [2.05, 4.69) is 10.6 Å². The van der Waals surface area contributed by atoms with Crippen molar-refractivity contribution in [3.63, 3.8) is 0 Å². The van der Waals surface area contributed by atoms with Crippen LogP contribution in [-0.4, -0.2) is 106 Å². The van der Waals surface area contributed by atoms with Crippen LogP contribution in [0.2, 0.25) is 0 Å². The Balaban J connectivity index is 1.31. The standard InChI is InChI=1S/C59H83N11O7/c1-42(2)39-52(58(64)76)66-59(77)51(63)9-3-4-34-65-53(71)26-27-54(72)67-35-5-6-36-68(55(73)28-31-60)48-20-14-45(15-21-48)41-46-16-24-50(25-17-46)70(57(75)30-33-62)38-8-7-37-69(56(74)29-32-61)49-22-12-44(13-23-49)40-43-10-18-47(67)19-11-43/h10-25,42,51-52H,3-9,26-41,60-63H2,1-2H3,(H2,64,76)(H,65,71)(H,66,77). The zero-order valence-electron chi connectivity index (χ0n) is 45.3. The highest BCUT2D eigenvalue weighted by molar-refractivity contribution is 5.96. The van der Waals surface area contributed by atoms with E-state index in [1.54, 1.807) is 19.6 Å². The molecule has 0 fully saturated rings. The lowest BCUT2D eigenvalue weighted by molar-refractivity contribution is -0.128. The summed E-state index contributed by atoms with van der Waals surface area (Å²) in [5.74, 6) is -1.62. The van der Waals surface area contributed by atoms with Crippen LogP contribution < -0.4 is 58.9 Å². The molecule has 2 unspecified atom stereocenters. The minimum Gasteiger partial charge on any atom is -0.368 e. The number of hydrogen-bond acceptors (Lipinski definition) is 11. The lowest BCUT2D eigenvalue weighted by atomic mass is 10.0. The zero-order valence-corrected chi connectivity index (χ0v) is 45.3. The largest absolute Gasteiger partial charge is 0.368 e. The van der Waals surface area contributed by atoms with Gasteiger partial charge in [0.1, 0.15) is 6.04 Å². The molecule has 8 bridgehead atoms. The fraction of sp³-hybridized carbons (Fsp3) is 0.475. The van der Waals surface area contributed by atoms with E-state index in [0.29, 0.717) is 103 Å². The highest BCUT2D eigenvalue weighted by Gasteiger charge is 2.24. The molecule has 0 aromatic heterocycles. The summed E-state index contributed by atoms with van der Waals surface area (Å²) in [7, 11) is 0. The number of amides is 7. The Kier molecular flexibility index (Phi) is 25.2. The summed E-state index contributed by atoms with van der Waals surface area (Å²) in [6.07, 6.45) is 6.09. The molecular formula is C59H83N11O7. The molecule has 11 rings (SSSR count). The van der Waals surface area contributed by atoms with Gasteiger partial charge in [0.15, 0.2) is 0 Å². The minimum atomic E-state index is -0.829. The smallest absolute Gasteiger partial charge is 0.240 e. The van der Waals surface area contributed by atoms with Crippen LogP contribution in [0.5, 0.6) is 0 Å². The van der Waals surface area contributed by atoms with Crippen molar-refractivity contribution in [1.29, 1.82) is 0 Å². The van der Waals surface area contributed by atoms with Crippen LogP contribution in [0.15, 0.2) is 97.1 Å². The van der Waals surface area contributed by atoms with Crippen LogP contribution in [-0.2, 0) is 46.4 Å². The molecule has 0 saturated heterocycles. The molecular weight excluding hydrogens is 975 g/mol. The summed E-state index contributed by atoms with van der Waals surface area (Å²) in [6, 6.07) is 29.9. The van der Waals surface area contributed by atoms with Crippen molar-refractivity contribution in [1.82, 2.24) is 10.6 Å². The summed E-state index contributed by atoms with van der Waals surface area (Å²) >= 11 is 0. The van der Waals surface area contributed by atoms with Crippen molar-refractivity contribution >= 4 is 64.1 Å². The van der Waals surface area contributed by atoms with Crippen LogP contribution >= 0.6 is 0 Å². The van der Waals surface area contributed by atoms with Gasteiger partial charge in [-0.15, -0.1) is 0 Å². The summed E-state index contributed by atoms with van der Waals surface area (Å²) in [4.78, 5) is 98.9. The molecule has 77 heavy (non-hydrogen) atoms. The first-order chi connectivity index (χ1) is 37.1. The molecule has 416 valence electrons. The van der Waals surface area contributed by atoms with Crippen molar-refractivity contribution in [3.05, 3.63) is 119 Å². The van der Waals surface area contributed by atoms with E-state index < -0.39 is 23.9 Å². The monoisotopic (exact) mass is 1060 g/mol. The summed E-state index contributed by atoms with van der Waals surface area (Å²) in [5.41, 5.74) is 36.2. The molecule has 7 amide bonds. The molecule has 2 atom stereocenters. The van der Waals surface area contributed by atoms with Crippen LogP contribution in [0, 0.1) is 5.92 Å². The van der Waals surface area contributed by atoms with Crippen molar-refractivity contribution in [3.8, 4) is 0 Å². The summed E-state index contributed by atoms with van der Waals surface area (Å²) in [5, 5.41) is 5.53. The van der Waals surface area contributed by atoms with Gasteiger partial charge in [0.2, 0.25) is 41.4 Å². The molecule has 12 N–H and O–H groups in total. The number of carbonyl (C=O) groups excluding carboxylic acids is 7. The molecule has 7 aliphatic rings. The van der Waals surface area contributed by atoms with Crippen LogP contribution in [0.25, 0.3) is 0 Å². The minimum absolute atomic E-state index is 0.0253. The van der Waals surface area contributed by atoms with E-state index in [4.69, 9.17) is 28.7 Å². The van der Waals surface area contributed by atoms with Gasteiger partial charge in [-0.3, -0.25) is 33.6 Å². The van der Waals surface area contributed by atoms with Crippen molar-refractivity contribution in [2.24, 2.45) is 34.6 Å². The summed E-state index contributed by atoms with van der Waals surface area (Å²) in [6.45, 7) is 6.54. The van der Waals surface area contributed by atoms with Crippen LogP contribution in [0.4, 0.5) is 22.7 Å². The Morgan fingerprint density at radius 3 is 1.14 bits per heavy atom. The number of rotatable bonds is 19. The lowest BCUT2D eigenvalue weighted by Gasteiger charge is -2.26. The van der Waals surface area contributed by atoms with E-state index in [0.717, 1.165) is 39.3 Å². The van der Waals surface area contributed by atoms with Gasteiger partial charge < -0.3 is 58.9 Å². The normalized spacial score (nSPS) is 14.6. The molecule has 0 radical (unpaired) electrons. The van der Waals surface area contributed by atoms with Gasteiger partial charge >= 0.3 is 0 Å². The number of hydrogen-bond donors (Lipinski definition) is 7. The number of nitrogens with two attached hydrogens (primary N) is 5. The van der Waals surface area contributed by atoms with Crippen LogP contribution in [0.1, 0.15) is 120 Å². The highest BCUT2D eigenvalue weighted by atomic mass is 16.2. The van der Waals surface area contributed by atoms with Gasteiger partial charge in [-0.05, 0) is 141 Å². The molecule has 18 heteroatoms. The maximum atomic E-state index is 14.1. The number of nitrogens with one attached hydrogen (secondary N) is 2. The van der Waals surface area contributed by atoms with Crippen LogP contribution in [0.3, 0.4) is 0 Å². The second kappa shape index (κ2) is 31.9. The van der Waals surface area contributed by atoms with Gasteiger partial charge in [0.25, 0.3) is 0 Å². The second-order valence-electron chi connectivity index (χ2n) is 20.3. The second-order valence-corrected chi connectivity index (χ2v) is 20.3. The fourth-order valence-corrected chi connectivity index (χ4v) is 9.38. The number of unbranched alkanes of at least 4 members (excludes halogenated alkanes) is 1. The lowest BCUT2D eigenvalue weighted by Crippen LogP contribution is -2.50. The van der Waals surface area contributed by atoms with Gasteiger partial charge in [0, 0.05) is 107 Å². The van der Waals surface area contributed by atoms with Crippen molar-refractivity contribution < 1.29 is 33.6 Å².